The molecule has 0 aromatic heterocycles. The third kappa shape index (κ3) is 2.65. The van der Waals surface area contributed by atoms with E-state index in [1.54, 1.807) is 0 Å². The molecular weight excluding hydrogens is 238 g/mol. The van der Waals surface area contributed by atoms with Gasteiger partial charge in [0.1, 0.15) is 0 Å². The molecule has 0 radical (unpaired) electrons. The highest BCUT2D eigenvalue weighted by Crippen LogP contribution is 2.30. The molecule has 102 valence electrons. The lowest BCUT2D eigenvalue weighted by atomic mass is 9.86. The summed E-state index contributed by atoms with van der Waals surface area (Å²) < 4.78 is 0. The molecule has 19 heavy (non-hydrogen) atoms. The number of fused-ring (bicyclic) bond motifs is 1. The molecule has 1 saturated heterocycles. The van der Waals surface area contributed by atoms with E-state index in [4.69, 9.17) is 5.73 Å². The fraction of sp³-hybridized carbons (Fsp3) is 0.533. The van der Waals surface area contributed by atoms with E-state index < -0.39 is 0 Å². The minimum absolute atomic E-state index is 0.0933. The Morgan fingerprint density at radius 3 is 3.00 bits per heavy atom. The number of carbonyl (C=O) groups is 1. The number of nitrogens with two attached hydrogens (primary N) is 1. The zero-order valence-electron chi connectivity index (χ0n) is 11.1. The summed E-state index contributed by atoms with van der Waals surface area (Å²) in [7, 11) is 0. The molecule has 1 aromatic rings. The average Bonchev–Trinajstić information content (AvgIpc) is 2.47. The maximum Gasteiger partial charge on any atom is 0.224 e. The van der Waals surface area contributed by atoms with Gasteiger partial charge >= 0.3 is 0 Å². The molecule has 1 fully saturated rings. The lowest BCUT2D eigenvalue weighted by Crippen LogP contribution is -2.36. The van der Waals surface area contributed by atoms with Crippen molar-refractivity contribution in [3.8, 4) is 0 Å². The zero-order chi connectivity index (χ0) is 13.2. The van der Waals surface area contributed by atoms with E-state index in [1.807, 2.05) is 6.07 Å². The van der Waals surface area contributed by atoms with Gasteiger partial charge in [-0.15, -0.1) is 0 Å². The van der Waals surface area contributed by atoms with Gasteiger partial charge in [0, 0.05) is 18.2 Å². The molecular formula is C15H21N3O. The summed E-state index contributed by atoms with van der Waals surface area (Å²) in [5.74, 6) is 0.631. The lowest BCUT2D eigenvalue weighted by molar-refractivity contribution is -0.116. The topological polar surface area (TPSA) is 67.2 Å². The second-order valence-electron chi connectivity index (χ2n) is 5.60. The van der Waals surface area contributed by atoms with Crippen molar-refractivity contribution in [1.82, 2.24) is 5.32 Å². The summed E-state index contributed by atoms with van der Waals surface area (Å²) in [6.07, 6.45) is 3.81. The van der Waals surface area contributed by atoms with E-state index in [0.717, 1.165) is 25.2 Å². The minimum atomic E-state index is 0.0933. The second kappa shape index (κ2) is 5.31. The van der Waals surface area contributed by atoms with Crippen LogP contribution in [0.25, 0.3) is 0 Å². The van der Waals surface area contributed by atoms with Gasteiger partial charge in [-0.25, -0.2) is 0 Å². The highest BCUT2D eigenvalue weighted by molar-refractivity contribution is 5.93. The number of benzene rings is 1. The first-order valence-corrected chi connectivity index (χ1v) is 7.13. The highest BCUT2D eigenvalue weighted by Gasteiger charge is 2.23. The molecule has 0 spiro atoms. The van der Waals surface area contributed by atoms with Crippen LogP contribution in [0.3, 0.4) is 0 Å². The average molecular weight is 259 g/mol. The molecule has 2 atom stereocenters. The Balaban J connectivity index is 1.79. The Labute approximate surface area is 113 Å². The van der Waals surface area contributed by atoms with Gasteiger partial charge in [-0.3, -0.25) is 4.79 Å². The number of carbonyl (C=O) groups excluding carboxylic acids is 1. The standard InChI is InChI=1S/C15H21N3O/c16-15(12-2-1-7-17-9-12)11-3-5-13-10(8-11)4-6-14(19)18-13/h3,5,8,12,15,17H,1-2,4,6-7,9,16H2,(H,18,19). The van der Waals surface area contributed by atoms with Crippen molar-refractivity contribution in [1.29, 1.82) is 0 Å². The first-order chi connectivity index (χ1) is 9.24. The Morgan fingerprint density at radius 2 is 2.21 bits per heavy atom. The Bertz CT molecular complexity index is 480. The van der Waals surface area contributed by atoms with Crippen LogP contribution in [0.2, 0.25) is 0 Å². The molecule has 2 heterocycles. The van der Waals surface area contributed by atoms with Crippen molar-refractivity contribution in [2.24, 2.45) is 11.7 Å². The van der Waals surface area contributed by atoms with E-state index in [-0.39, 0.29) is 11.9 Å². The summed E-state index contributed by atoms with van der Waals surface area (Å²) in [4.78, 5) is 11.3. The summed E-state index contributed by atoms with van der Waals surface area (Å²) in [6, 6.07) is 6.33. The Kier molecular flexibility index (Phi) is 3.53. The molecule has 2 unspecified atom stereocenters. The summed E-state index contributed by atoms with van der Waals surface area (Å²) >= 11 is 0. The second-order valence-corrected chi connectivity index (χ2v) is 5.60. The molecule has 4 heteroatoms. The zero-order valence-corrected chi connectivity index (χ0v) is 11.1. The molecule has 2 aliphatic rings. The number of aryl methyl sites for hydroxylation is 1. The monoisotopic (exact) mass is 259 g/mol. The predicted octanol–water partition coefficient (Wildman–Crippen LogP) is 1.57. The molecule has 4 nitrogen and oxygen atoms in total. The number of rotatable bonds is 2. The molecule has 0 saturated carbocycles. The first-order valence-electron chi connectivity index (χ1n) is 7.13. The maximum absolute atomic E-state index is 11.3. The van der Waals surface area contributed by atoms with Crippen LogP contribution in [0.1, 0.15) is 36.4 Å². The number of hydrogen-bond acceptors (Lipinski definition) is 3. The van der Waals surface area contributed by atoms with Gasteiger partial charge in [-0.2, -0.15) is 0 Å². The summed E-state index contributed by atoms with van der Waals surface area (Å²) in [5.41, 5.74) is 9.77. The Hall–Kier alpha value is -1.39. The van der Waals surface area contributed by atoms with E-state index in [1.165, 1.54) is 24.0 Å². The van der Waals surface area contributed by atoms with E-state index in [9.17, 15) is 4.79 Å². The summed E-state index contributed by atoms with van der Waals surface area (Å²) in [5, 5.41) is 6.33. The van der Waals surface area contributed by atoms with Gasteiger partial charge in [0.05, 0.1) is 0 Å². The number of hydrogen-bond donors (Lipinski definition) is 3. The molecule has 0 aliphatic carbocycles. The van der Waals surface area contributed by atoms with E-state index in [2.05, 4.69) is 22.8 Å². The van der Waals surface area contributed by atoms with Crippen molar-refractivity contribution in [2.45, 2.75) is 31.7 Å². The van der Waals surface area contributed by atoms with Gasteiger partial charge in [0.25, 0.3) is 0 Å². The smallest absolute Gasteiger partial charge is 0.224 e. The van der Waals surface area contributed by atoms with Crippen molar-refractivity contribution >= 4 is 11.6 Å². The number of anilines is 1. The number of amides is 1. The van der Waals surface area contributed by atoms with Crippen LogP contribution in [0.5, 0.6) is 0 Å². The molecule has 1 aromatic carbocycles. The fourth-order valence-corrected chi connectivity index (χ4v) is 3.07. The van der Waals surface area contributed by atoms with E-state index in [0.29, 0.717) is 12.3 Å². The Morgan fingerprint density at radius 1 is 1.32 bits per heavy atom. The van der Waals surface area contributed by atoms with Gasteiger partial charge in [-0.1, -0.05) is 12.1 Å². The van der Waals surface area contributed by atoms with Crippen LogP contribution in [-0.4, -0.2) is 19.0 Å². The SMILES string of the molecule is NC(c1ccc2c(c1)CCC(=O)N2)C1CCCNC1. The summed E-state index contributed by atoms with van der Waals surface area (Å²) in [6.45, 7) is 2.12. The quantitative estimate of drug-likeness (QED) is 0.755. The van der Waals surface area contributed by atoms with Crippen molar-refractivity contribution in [2.75, 3.05) is 18.4 Å². The molecule has 0 bridgehead atoms. The van der Waals surface area contributed by atoms with E-state index >= 15 is 0 Å². The largest absolute Gasteiger partial charge is 0.326 e. The van der Waals surface area contributed by atoms with Gasteiger partial charge in [-0.05, 0) is 55.5 Å². The van der Waals surface area contributed by atoms with Crippen LogP contribution in [0, 0.1) is 5.92 Å². The molecule has 4 N–H and O–H groups in total. The van der Waals surface area contributed by atoms with Gasteiger partial charge < -0.3 is 16.4 Å². The molecule has 2 aliphatic heterocycles. The molecule has 3 rings (SSSR count). The number of piperidine rings is 1. The minimum Gasteiger partial charge on any atom is -0.326 e. The normalized spacial score (nSPS) is 24.5. The first kappa shape index (κ1) is 12.6. The predicted molar refractivity (Wildman–Crippen MR) is 75.9 cm³/mol. The molecule has 1 amide bonds. The third-order valence-corrected chi connectivity index (χ3v) is 4.25. The fourth-order valence-electron chi connectivity index (χ4n) is 3.07. The number of nitrogens with one attached hydrogen (secondary N) is 2. The van der Waals surface area contributed by atoms with Crippen molar-refractivity contribution < 1.29 is 4.79 Å². The third-order valence-electron chi connectivity index (χ3n) is 4.25. The van der Waals surface area contributed by atoms with Crippen LogP contribution >= 0.6 is 0 Å². The van der Waals surface area contributed by atoms with Crippen LogP contribution in [-0.2, 0) is 11.2 Å². The van der Waals surface area contributed by atoms with Crippen molar-refractivity contribution in [3.63, 3.8) is 0 Å². The lowest BCUT2D eigenvalue weighted by Gasteiger charge is -2.29. The van der Waals surface area contributed by atoms with Crippen LogP contribution in [0.15, 0.2) is 18.2 Å². The van der Waals surface area contributed by atoms with Gasteiger partial charge in [0.15, 0.2) is 0 Å². The van der Waals surface area contributed by atoms with Gasteiger partial charge in [0.2, 0.25) is 5.91 Å². The van der Waals surface area contributed by atoms with Crippen molar-refractivity contribution in [3.05, 3.63) is 29.3 Å². The van der Waals surface area contributed by atoms with Crippen LogP contribution < -0.4 is 16.4 Å². The highest BCUT2D eigenvalue weighted by atomic mass is 16.1. The maximum atomic E-state index is 11.3. The van der Waals surface area contributed by atoms with Crippen LogP contribution in [0.4, 0.5) is 5.69 Å².